The molecule has 3 nitrogen and oxygen atoms in total. The van der Waals surface area contributed by atoms with Crippen molar-refractivity contribution >= 4 is 29.1 Å². The second-order valence-electron chi connectivity index (χ2n) is 7.86. The van der Waals surface area contributed by atoms with Gasteiger partial charge in [0.15, 0.2) is 0 Å². The van der Waals surface area contributed by atoms with Crippen LogP contribution in [0.25, 0.3) is 0 Å². The lowest BCUT2D eigenvalue weighted by atomic mass is 9.93. The summed E-state index contributed by atoms with van der Waals surface area (Å²) in [6.07, 6.45) is 7.39. The Hall–Kier alpha value is -1.81. The average Bonchev–Trinajstić information content (AvgIpc) is 3.18. The Kier molecular flexibility index (Phi) is 6.59. The van der Waals surface area contributed by atoms with Gasteiger partial charge < -0.3 is 9.80 Å². The molecule has 0 aromatic heterocycles. The van der Waals surface area contributed by atoms with Crippen LogP contribution in [0, 0.1) is 0 Å². The second-order valence-corrected chi connectivity index (χ2v) is 8.67. The molecule has 0 saturated carbocycles. The molecule has 152 valence electrons. The van der Waals surface area contributed by atoms with Crippen molar-refractivity contribution in [3.05, 3.63) is 81.9 Å². The highest BCUT2D eigenvalue weighted by molar-refractivity contribution is 6.42. The summed E-state index contributed by atoms with van der Waals surface area (Å²) in [5, 5.41) is 1.01. The Labute approximate surface area is 182 Å². The number of rotatable bonds is 5. The molecule has 29 heavy (non-hydrogen) atoms. The van der Waals surface area contributed by atoms with Crippen LogP contribution in [0.3, 0.4) is 0 Å². The number of hydrogen-bond acceptors (Lipinski definition) is 2. The molecule has 2 atom stereocenters. The molecule has 4 rings (SSSR count). The van der Waals surface area contributed by atoms with Crippen LogP contribution in [0.4, 0.5) is 0 Å². The highest BCUT2D eigenvalue weighted by Gasteiger charge is 2.33. The minimum Gasteiger partial charge on any atom is -0.330 e. The summed E-state index contributed by atoms with van der Waals surface area (Å²) >= 11 is 12.3. The normalized spacial score (nSPS) is 21.4. The molecule has 0 unspecified atom stereocenters. The fourth-order valence-corrected chi connectivity index (χ4v) is 4.68. The topological polar surface area (TPSA) is 23.6 Å². The molecule has 0 radical (unpaired) electrons. The highest BCUT2D eigenvalue weighted by atomic mass is 35.5. The van der Waals surface area contributed by atoms with Gasteiger partial charge in [-0.2, -0.15) is 0 Å². The van der Waals surface area contributed by atoms with Crippen LogP contribution < -0.4 is 0 Å². The molecule has 1 amide bonds. The molecule has 2 aromatic carbocycles. The summed E-state index contributed by atoms with van der Waals surface area (Å²) < 4.78 is 0. The van der Waals surface area contributed by atoms with Crippen molar-refractivity contribution in [1.82, 2.24) is 9.80 Å². The van der Waals surface area contributed by atoms with Crippen molar-refractivity contribution in [3.63, 3.8) is 0 Å². The van der Waals surface area contributed by atoms with E-state index in [9.17, 15) is 4.79 Å². The smallest absolute Gasteiger partial charge is 0.231 e. The Bertz CT molecular complexity index is 878. The van der Waals surface area contributed by atoms with Crippen LogP contribution in [-0.4, -0.2) is 41.9 Å². The van der Waals surface area contributed by atoms with Crippen molar-refractivity contribution in [2.75, 3.05) is 26.2 Å². The zero-order valence-corrected chi connectivity index (χ0v) is 17.9. The van der Waals surface area contributed by atoms with Gasteiger partial charge >= 0.3 is 0 Å². The zero-order valence-electron chi connectivity index (χ0n) is 16.4. The standard InChI is InChI=1S/C24H26Cl2N2O/c25-21-12-11-19(16-22(21)26)20-10-4-5-15-28(24(20)29)23(17-27-13-6-7-14-27)18-8-2-1-3-9-18/h1-5,8-9,11-12,16,20,23H,6-7,10,13-15,17H2/t20-,23-/m1/s1. The summed E-state index contributed by atoms with van der Waals surface area (Å²) in [4.78, 5) is 18.2. The zero-order chi connectivity index (χ0) is 20.2. The van der Waals surface area contributed by atoms with Crippen LogP contribution in [0.5, 0.6) is 0 Å². The van der Waals surface area contributed by atoms with E-state index in [-0.39, 0.29) is 17.9 Å². The summed E-state index contributed by atoms with van der Waals surface area (Å²) in [5.41, 5.74) is 2.12. The molecule has 5 heteroatoms. The maximum atomic E-state index is 13.7. The minimum absolute atomic E-state index is 0.0369. The Morgan fingerprint density at radius 2 is 1.72 bits per heavy atom. The summed E-state index contributed by atoms with van der Waals surface area (Å²) in [7, 11) is 0. The molecular formula is C24H26Cl2N2O. The van der Waals surface area contributed by atoms with Gasteiger partial charge in [-0.15, -0.1) is 0 Å². The fourth-order valence-electron chi connectivity index (χ4n) is 4.37. The van der Waals surface area contributed by atoms with Gasteiger partial charge in [0.25, 0.3) is 0 Å². The first-order chi connectivity index (χ1) is 14.1. The van der Waals surface area contributed by atoms with Crippen molar-refractivity contribution in [2.24, 2.45) is 0 Å². The first-order valence-corrected chi connectivity index (χ1v) is 11.1. The van der Waals surface area contributed by atoms with Crippen LogP contribution in [0.2, 0.25) is 10.0 Å². The molecule has 1 saturated heterocycles. The predicted octanol–water partition coefficient (Wildman–Crippen LogP) is 5.70. The highest BCUT2D eigenvalue weighted by Crippen LogP contribution is 2.34. The van der Waals surface area contributed by atoms with Crippen molar-refractivity contribution in [1.29, 1.82) is 0 Å². The third-order valence-electron chi connectivity index (χ3n) is 5.96. The van der Waals surface area contributed by atoms with E-state index in [0.717, 1.165) is 25.2 Å². The maximum absolute atomic E-state index is 13.7. The third kappa shape index (κ3) is 4.69. The SMILES string of the molecule is O=C1[C@@H](c2ccc(Cl)c(Cl)c2)CC=CCN1[C@H](CN1CCCC1)c1ccccc1. The molecule has 0 spiro atoms. The lowest BCUT2D eigenvalue weighted by Crippen LogP contribution is -2.42. The van der Waals surface area contributed by atoms with Gasteiger partial charge in [-0.3, -0.25) is 4.79 Å². The molecule has 0 bridgehead atoms. The summed E-state index contributed by atoms with van der Waals surface area (Å²) in [5.74, 6) is -0.0882. The lowest BCUT2D eigenvalue weighted by molar-refractivity contribution is -0.134. The molecule has 0 N–H and O–H groups in total. The fraction of sp³-hybridized carbons (Fsp3) is 0.375. The molecule has 2 aromatic rings. The predicted molar refractivity (Wildman–Crippen MR) is 120 cm³/mol. The van der Waals surface area contributed by atoms with Crippen LogP contribution in [-0.2, 0) is 4.79 Å². The van der Waals surface area contributed by atoms with E-state index in [1.165, 1.54) is 18.4 Å². The first kappa shape index (κ1) is 20.5. The van der Waals surface area contributed by atoms with Crippen LogP contribution >= 0.6 is 23.2 Å². The maximum Gasteiger partial charge on any atom is 0.231 e. The number of benzene rings is 2. The van der Waals surface area contributed by atoms with E-state index in [2.05, 4.69) is 41.3 Å². The number of halogens is 2. The van der Waals surface area contributed by atoms with E-state index >= 15 is 0 Å². The van der Waals surface area contributed by atoms with Crippen molar-refractivity contribution in [2.45, 2.75) is 31.2 Å². The number of carbonyl (C=O) groups is 1. The second kappa shape index (κ2) is 9.34. The van der Waals surface area contributed by atoms with Crippen LogP contribution in [0.1, 0.15) is 42.3 Å². The molecule has 0 aliphatic carbocycles. The van der Waals surface area contributed by atoms with Gasteiger partial charge in [0.2, 0.25) is 5.91 Å². The number of carbonyl (C=O) groups excluding carboxylic acids is 1. The van der Waals surface area contributed by atoms with Gasteiger partial charge in [0, 0.05) is 13.1 Å². The lowest BCUT2D eigenvalue weighted by Gasteiger charge is -2.35. The molecule has 2 heterocycles. The van der Waals surface area contributed by atoms with E-state index < -0.39 is 0 Å². The third-order valence-corrected chi connectivity index (χ3v) is 6.70. The molecular weight excluding hydrogens is 403 g/mol. The van der Waals surface area contributed by atoms with E-state index in [1.54, 1.807) is 6.07 Å². The van der Waals surface area contributed by atoms with Gasteiger partial charge in [-0.25, -0.2) is 0 Å². The summed E-state index contributed by atoms with van der Waals surface area (Å²) in [6.45, 7) is 3.72. The van der Waals surface area contributed by atoms with Gasteiger partial charge in [0.1, 0.15) is 0 Å². The Morgan fingerprint density at radius 1 is 0.966 bits per heavy atom. The Balaban J connectivity index is 1.66. The average molecular weight is 429 g/mol. The first-order valence-electron chi connectivity index (χ1n) is 10.3. The van der Waals surface area contributed by atoms with Gasteiger partial charge in [-0.05, 0) is 55.6 Å². The number of amides is 1. The number of likely N-dealkylation sites (tertiary alicyclic amines) is 1. The van der Waals surface area contributed by atoms with Gasteiger partial charge in [0.05, 0.1) is 22.0 Å². The minimum atomic E-state index is -0.242. The number of hydrogen-bond donors (Lipinski definition) is 0. The molecule has 2 aliphatic rings. The largest absolute Gasteiger partial charge is 0.330 e. The van der Waals surface area contributed by atoms with Crippen LogP contribution in [0.15, 0.2) is 60.7 Å². The van der Waals surface area contributed by atoms with E-state index in [0.29, 0.717) is 23.0 Å². The van der Waals surface area contributed by atoms with Crippen molar-refractivity contribution in [3.8, 4) is 0 Å². The number of allylic oxidation sites excluding steroid dienone is 1. The van der Waals surface area contributed by atoms with Gasteiger partial charge in [-0.1, -0.05) is 71.8 Å². The summed E-state index contributed by atoms with van der Waals surface area (Å²) in [6, 6.07) is 16.0. The van der Waals surface area contributed by atoms with Crippen molar-refractivity contribution < 1.29 is 4.79 Å². The van der Waals surface area contributed by atoms with E-state index in [1.807, 2.05) is 23.1 Å². The molecule has 2 aliphatic heterocycles. The Morgan fingerprint density at radius 3 is 2.45 bits per heavy atom. The monoisotopic (exact) mass is 428 g/mol. The number of nitrogens with zero attached hydrogens (tertiary/aromatic N) is 2. The quantitative estimate of drug-likeness (QED) is 0.569. The van der Waals surface area contributed by atoms with E-state index in [4.69, 9.17) is 23.2 Å². The molecule has 1 fully saturated rings.